The van der Waals surface area contributed by atoms with E-state index in [-0.39, 0.29) is 17.0 Å². The molecule has 4 aromatic rings. The number of benzene rings is 2. The molecule has 35 heavy (non-hydrogen) atoms. The van der Waals surface area contributed by atoms with Gasteiger partial charge in [0.1, 0.15) is 0 Å². The predicted octanol–water partition coefficient (Wildman–Crippen LogP) is 5.24. The molecule has 0 saturated heterocycles. The van der Waals surface area contributed by atoms with Crippen molar-refractivity contribution in [2.75, 3.05) is 12.8 Å². The summed E-state index contributed by atoms with van der Waals surface area (Å²) < 4.78 is 27.2. The van der Waals surface area contributed by atoms with E-state index in [0.717, 1.165) is 28.8 Å². The summed E-state index contributed by atoms with van der Waals surface area (Å²) in [5.41, 5.74) is 10.5. The van der Waals surface area contributed by atoms with E-state index < -0.39 is 10.6 Å². The molecule has 0 atom stereocenters. The predicted molar refractivity (Wildman–Crippen MR) is 139 cm³/mol. The lowest BCUT2D eigenvalue weighted by Gasteiger charge is -2.38. The number of nitrogens with zero attached hydrogens (tertiary/aromatic N) is 4. The summed E-state index contributed by atoms with van der Waals surface area (Å²) in [5.74, 6) is 0.709. The number of aryl methyl sites for hydroxylation is 1. The first-order chi connectivity index (χ1) is 16.7. The van der Waals surface area contributed by atoms with Crippen LogP contribution in [0.1, 0.15) is 31.9 Å². The molecular weight excluding hydrogens is 464 g/mol. The molecule has 0 spiro atoms. The van der Waals surface area contributed by atoms with Crippen molar-refractivity contribution in [3.05, 3.63) is 59.8 Å². The van der Waals surface area contributed by atoms with Gasteiger partial charge in [-0.25, -0.2) is 9.97 Å². The van der Waals surface area contributed by atoms with Gasteiger partial charge in [0, 0.05) is 22.9 Å². The SMILES string of the molecule is CCc1cc(-c2cnc(N)c(-c3nnc(-c4ccc(CNC)cc4)o3)n2)ccc1S(O)(O)C(C)C. The van der Waals surface area contributed by atoms with Gasteiger partial charge in [-0.1, -0.05) is 25.1 Å². The molecule has 0 amide bonds. The Bertz CT molecular complexity index is 1320. The lowest BCUT2D eigenvalue weighted by molar-refractivity contribution is 0.475. The smallest absolute Gasteiger partial charge is 0.270 e. The Balaban J connectivity index is 1.67. The molecule has 0 fully saturated rings. The molecule has 5 N–H and O–H groups in total. The number of nitrogens with two attached hydrogens (primary N) is 1. The van der Waals surface area contributed by atoms with E-state index in [0.29, 0.717) is 28.6 Å². The molecule has 4 rings (SSSR count). The average Bonchev–Trinajstić information content (AvgIpc) is 3.34. The van der Waals surface area contributed by atoms with Crippen LogP contribution in [-0.2, 0) is 13.0 Å². The van der Waals surface area contributed by atoms with Crippen LogP contribution in [0, 0.1) is 0 Å². The van der Waals surface area contributed by atoms with Crippen LogP contribution in [0.25, 0.3) is 34.3 Å². The molecule has 184 valence electrons. The van der Waals surface area contributed by atoms with E-state index in [1.165, 1.54) is 0 Å². The third kappa shape index (κ3) is 5.06. The van der Waals surface area contributed by atoms with E-state index in [1.807, 2.05) is 44.3 Å². The van der Waals surface area contributed by atoms with Crippen molar-refractivity contribution < 1.29 is 13.5 Å². The van der Waals surface area contributed by atoms with Crippen molar-refractivity contribution in [2.24, 2.45) is 0 Å². The Morgan fingerprint density at radius 3 is 2.37 bits per heavy atom. The first-order valence-electron chi connectivity index (χ1n) is 11.3. The molecule has 0 radical (unpaired) electrons. The summed E-state index contributed by atoms with van der Waals surface area (Å²) in [6.07, 6.45) is 2.21. The van der Waals surface area contributed by atoms with Gasteiger partial charge in [-0.15, -0.1) is 10.2 Å². The Hall–Kier alpha value is -3.31. The van der Waals surface area contributed by atoms with Gasteiger partial charge in [0.25, 0.3) is 5.89 Å². The van der Waals surface area contributed by atoms with Crippen LogP contribution in [0.2, 0.25) is 0 Å². The number of rotatable bonds is 8. The third-order valence-corrected chi connectivity index (χ3v) is 8.09. The summed E-state index contributed by atoms with van der Waals surface area (Å²) in [6, 6.07) is 13.3. The number of nitrogen functional groups attached to an aromatic ring is 1. The number of hydrogen-bond acceptors (Lipinski definition) is 9. The van der Waals surface area contributed by atoms with Crippen molar-refractivity contribution in [3.8, 4) is 34.3 Å². The second-order valence-electron chi connectivity index (χ2n) is 8.45. The van der Waals surface area contributed by atoms with Crippen molar-refractivity contribution in [1.29, 1.82) is 0 Å². The van der Waals surface area contributed by atoms with Crippen LogP contribution >= 0.6 is 10.6 Å². The zero-order chi connectivity index (χ0) is 25.2. The van der Waals surface area contributed by atoms with E-state index in [9.17, 15) is 9.11 Å². The minimum atomic E-state index is -2.90. The number of nitrogens with one attached hydrogen (secondary N) is 1. The molecule has 2 heterocycles. The summed E-state index contributed by atoms with van der Waals surface area (Å²) in [5, 5.41) is 11.1. The molecule has 0 aliphatic rings. The molecule has 0 aliphatic carbocycles. The van der Waals surface area contributed by atoms with Crippen LogP contribution in [-0.4, -0.2) is 41.6 Å². The van der Waals surface area contributed by atoms with E-state index in [1.54, 1.807) is 32.2 Å². The highest BCUT2D eigenvalue weighted by atomic mass is 32.3. The lowest BCUT2D eigenvalue weighted by Crippen LogP contribution is -2.12. The molecular formula is C25H30N6O3S. The van der Waals surface area contributed by atoms with Gasteiger partial charge in [-0.2, -0.15) is 10.6 Å². The van der Waals surface area contributed by atoms with Crippen LogP contribution in [0.3, 0.4) is 0 Å². The lowest BCUT2D eigenvalue weighted by atomic mass is 10.1. The maximum atomic E-state index is 10.7. The highest BCUT2D eigenvalue weighted by Crippen LogP contribution is 2.54. The van der Waals surface area contributed by atoms with Crippen molar-refractivity contribution >= 4 is 16.4 Å². The standard InChI is InChI=1S/C25H30N6O3S/c1-5-17-12-19(10-11-21(17)35(32,33)15(2)3)20-14-28-23(26)22(29-20)25-31-30-24(34-25)18-8-6-16(7-9-18)13-27-4/h6-12,14-15,27,32-33H,5,13H2,1-4H3,(H2,26,28). The van der Waals surface area contributed by atoms with Gasteiger partial charge >= 0.3 is 0 Å². The summed E-state index contributed by atoms with van der Waals surface area (Å²) in [6.45, 7) is 6.35. The maximum absolute atomic E-state index is 10.7. The minimum Gasteiger partial charge on any atom is -0.414 e. The third-order valence-electron chi connectivity index (χ3n) is 5.73. The molecule has 0 saturated carbocycles. The van der Waals surface area contributed by atoms with E-state index >= 15 is 0 Å². The van der Waals surface area contributed by atoms with Crippen molar-refractivity contribution in [1.82, 2.24) is 25.5 Å². The Morgan fingerprint density at radius 2 is 1.71 bits per heavy atom. The normalized spacial score (nSPS) is 12.3. The highest BCUT2D eigenvalue weighted by Gasteiger charge is 2.24. The molecule has 0 bridgehead atoms. The quantitative estimate of drug-likeness (QED) is 0.258. The minimum absolute atomic E-state index is 0.174. The molecule has 10 heteroatoms. The Kier molecular flexibility index (Phi) is 7.18. The topological polar surface area (TPSA) is 143 Å². The second kappa shape index (κ2) is 10.1. The molecule has 2 aromatic heterocycles. The number of aromatic nitrogens is 4. The van der Waals surface area contributed by atoms with Crippen LogP contribution < -0.4 is 11.1 Å². The summed E-state index contributed by atoms with van der Waals surface area (Å²) >= 11 is 0. The Labute approximate surface area is 206 Å². The molecule has 0 aliphatic heterocycles. The average molecular weight is 495 g/mol. The molecule has 9 nitrogen and oxygen atoms in total. The first-order valence-corrected chi connectivity index (χ1v) is 13.0. The van der Waals surface area contributed by atoms with E-state index in [2.05, 4.69) is 25.5 Å². The van der Waals surface area contributed by atoms with Gasteiger partial charge in [-0.05, 0) is 62.7 Å². The maximum Gasteiger partial charge on any atom is 0.270 e. The van der Waals surface area contributed by atoms with Gasteiger partial charge < -0.3 is 15.5 Å². The summed E-state index contributed by atoms with van der Waals surface area (Å²) in [4.78, 5) is 9.50. The fourth-order valence-corrected chi connectivity index (χ4v) is 5.03. The second-order valence-corrected chi connectivity index (χ2v) is 11.0. The molecule has 0 unspecified atom stereocenters. The number of hydrogen-bond donors (Lipinski definition) is 4. The van der Waals surface area contributed by atoms with Crippen molar-refractivity contribution in [2.45, 2.75) is 43.9 Å². The zero-order valence-electron chi connectivity index (χ0n) is 20.2. The first kappa shape index (κ1) is 24.8. The fraction of sp³-hybridized carbons (Fsp3) is 0.280. The van der Waals surface area contributed by atoms with Crippen LogP contribution in [0.4, 0.5) is 5.82 Å². The van der Waals surface area contributed by atoms with Gasteiger partial charge in [-0.3, -0.25) is 9.11 Å². The largest absolute Gasteiger partial charge is 0.414 e. The van der Waals surface area contributed by atoms with Crippen molar-refractivity contribution in [3.63, 3.8) is 0 Å². The van der Waals surface area contributed by atoms with E-state index in [4.69, 9.17) is 10.2 Å². The number of anilines is 1. The summed E-state index contributed by atoms with van der Waals surface area (Å²) in [7, 11) is -1.00. The Morgan fingerprint density at radius 1 is 1.03 bits per heavy atom. The monoisotopic (exact) mass is 494 g/mol. The van der Waals surface area contributed by atoms with Crippen LogP contribution in [0.15, 0.2) is 58.0 Å². The van der Waals surface area contributed by atoms with Gasteiger partial charge in [0.2, 0.25) is 5.89 Å². The highest BCUT2D eigenvalue weighted by molar-refractivity contribution is 8.24. The van der Waals surface area contributed by atoms with Gasteiger partial charge in [0.05, 0.1) is 16.8 Å². The van der Waals surface area contributed by atoms with Gasteiger partial charge in [0.15, 0.2) is 11.5 Å². The fourth-order valence-electron chi connectivity index (χ4n) is 3.66. The van der Waals surface area contributed by atoms with Crippen LogP contribution in [0.5, 0.6) is 0 Å². The zero-order valence-corrected chi connectivity index (χ0v) is 21.0. The molecule has 2 aromatic carbocycles.